The van der Waals surface area contributed by atoms with Crippen LogP contribution in [0, 0.1) is 44.6 Å². The van der Waals surface area contributed by atoms with Gasteiger partial charge in [-0.15, -0.1) is 0 Å². The number of non-ortho nitro benzene ring substituents is 1. The molecule has 1 aromatic rings. The first-order valence-corrected chi connectivity index (χ1v) is 12.9. The van der Waals surface area contributed by atoms with Crippen molar-refractivity contribution in [3.63, 3.8) is 0 Å². The molecular formula is C27H38N2O4. The summed E-state index contributed by atoms with van der Waals surface area (Å²) in [7, 11) is 0. The average molecular weight is 455 g/mol. The largest absolute Gasteiger partial charge is 0.507 e. The molecule has 1 aromatic carbocycles. The van der Waals surface area contributed by atoms with Gasteiger partial charge in [0.25, 0.3) is 5.69 Å². The molecule has 33 heavy (non-hydrogen) atoms. The monoisotopic (exact) mass is 454 g/mol. The van der Waals surface area contributed by atoms with Gasteiger partial charge in [-0.25, -0.2) is 0 Å². The molecule has 7 atom stereocenters. The normalized spacial score (nSPS) is 42.5. The van der Waals surface area contributed by atoms with Gasteiger partial charge >= 0.3 is 0 Å². The zero-order valence-electron chi connectivity index (χ0n) is 20.0. The molecule has 4 fully saturated rings. The highest BCUT2D eigenvalue weighted by atomic mass is 16.6. The minimum absolute atomic E-state index is 0.0372. The quantitative estimate of drug-likeness (QED) is 0.337. The molecule has 0 saturated heterocycles. The van der Waals surface area contributed by atoms with E-state index in [0.717, 1.165) is 31.1 Å². The second-order valence-electron chi connectivity index (χ2n) is 11.9. The third kappa shape index (κ3) is 3.51. The minimum atomic E-state index is -0.861. The molecule has 5 rings (SSSR count). The summed E-state index contributed by atoms with van der Waals surface area (Å²) in [4.78, 5) is 15.1. The van der Waals surface area contributed by atoms with E-state index in [4.69, 9.17) is 0 Å². The molecule has 4 saturated carbocycles. The van der Waals surface area contributed by atoms with Crippen LogP contribution in [-0.2, 0) is 0 Å². The van der Waals surface area contributed by atoms with Gasteiger partial charge in [-0.2, -0.15) is 0 Å². The summed E-state index contributed by atoms with van der Waals surface area (Å²) in [5.74, 6) is 2.90. The predicted octanol–water partition coefficient (Wildman–Crippen LogP) is 5.88. The Labute approximate surface area is 196 Å². The molecule has 6 heteroatoms. The third-order valence-corrected chi connectivity index (χ3v) is 10.7. The van der Waals surface area contributed by atoms with Gasteiger partial charge in [-0.1, -0.05) is 26.7 Å². The average Bonchev–Trinajstić information content (AvgIpc) is 3.05. The summed E-state index contributed by atoms with van der Waals surface area (Å²) in [5.41, 5.74) is -0.278. The van der Waals surface area contributed by atoms with Crippen LogP contribution in [0.2, 0.25) is 0 Å². The minimum Gasteiger partial charge on any atom is -0.507 e. The Balaban J connectivity index is 1.34. The van der Waals surface area contributed by atoms with E-state index >= 15 is 0 Å². The van der Waals surface area contributed by atoms with E-state index in [-0.39, 0.29) is 23.4 Å². The summed E-state index contributed by atoms with van der Waals surface area (Å²) >= 11 is 0. The second kappa shape index (κ2) is 8.07. The van der Waals surface area contributed by atoms with Crippen LogP contribution in [0.1, 0.15) is 83.6 Å². The highest BCUT2D eigenvalue weighted by Gasteiger charge is 2.64. The Morgan fingerprint density at radius 2 is 1.88 bits per heavy atom. The van der Waals surface area contributed by atoms with E-state index in [2.05, 4.69) is 18.8 Å². The maximum Gasteiger partial charge on any atom is 0.270 e. The second-order valence-corrected chi connectivity index (χ2v) is 11.9. The molecule has 0 bridgehead atoms. The number of phenolic OH excluding ortho intramolecular Hbond substituents is 1. The maximum absolute atomic E-state index is 11.8. The first-order valence-electron chi connectivity index (χ1n) is 12.9. The Hall–Kier alpha value is -1.95. The molecule has 180 valence electrons. The molecule has 6 nitrogen and oxygen atoms in total. The number of aliphatic imine (C=N–C) groups is 1. The summed E-state index contributed by atoms with van der Waals surface area (Å²) in [6, 6.07) is 3.93. The molecule has 0 spiro atoms. The van der Waals surface area contributed by atoms with Crippen molar-refractivity contribution in [2.45, 2.75) is 83.7 Å². The van der Waals surface area contributed by atoms with Gasteiger partial charge in [0.15, 0.2) is 0 Å². The number of nitro benzene ring substituents is 1. The van der Waals surface area contributed by atoms with Crippen molar-refractivity contribution in [2.75, 3.05) is 6.54 Å². The van der Waals surface area contributed by atoms with E-state index < -0.39 is 10.5 Å². The fraction of sp³-hybridized carbons (Fsp3) is 0.741. The van der Waals surface area contributed by atoms with E-state index in [9.17, 15) is 20.3 Å². The van der Waals surface area contributed by atoms with Crippen LogP contribution in [0.3, 0.4) is 0 Å². The zero-order chi connectivity index (χ0) is 23.4. The van der Waals surface area contributed by atoms with Crippen LogP contribution >= 0.6 is 0 Å². The number of rotatable bonds is 4. The number of hydrogen-bond donors (Lipinski definition) is 2. The maximum atomic E-state index is 11.8. The van der Waals surface area contributed by atoms with Gasteiger partial charge in [0.05, 0.1) is 17.1 Å². The number of aliphatic hydroxyl groups is 1. The molecular weight excluding hydrogens is 416 g/mol. The first kappa shape index (κ1) is 22.8. The molecule has 4 aliphatic carbocycles. The van der Waals surface area contributed by atoms with Gasteiger partial charge in [0.1, 0.15) is 5.75 Å². The number of phenols is 1. The lowest BCUT2D eigenvalue weighted by Crippen LogP contribution is -2.56. The Kier molecular flexibility index (Phi) is 5.58. The number of aromatic hydroxyl groups is 1. The molecule has 0 aromatic heterocycles. The van der Waals surface area contributed by atoms with E-state index in [1.165, 1.54) is 69.4 Å². The van der Waals surface area contributed by atoms with E-state index in [1.54, 1.807) is 0 Å². The number of hydrogen-bond acceptors (Lipinski definition) is 5. The molecule has 0 heterocycles. The number of nitrogens with zero attached hydrogens (tertiary/aromatic N) is 2. The van der Waals surface area contributed by atoms with Gasteiger partial charge in [0, 0.05) is 29.3 Å². The standard InChI is InChI=1S/C27H38N2O4/c1-25-12-4-3-5-19(25)6-8-21-22(25)10-13-26(2)23(21)11-14-27(26,31)17-28-16-18-15-20(29(32)33)7-9-24(18)30/h7,9,15-16,19,21-23,30-31H,3-6,8,10-14,17H2,1-2H3/t19-,21-,22-,23-,25+,26+,27+/m1/s1. The Morgan fingerprint density at radius 3 is 2.67 bits per heavy atom. The predicted molar refractivity (Wildman–Crippen MR) is 129 cm³/mol. The van der Waals surface area contributed by atoms with Gasteiger partial charge in [-0.05, 0) is 86.5 Å². The van der Waals surface area contributed by atoms with Crippen LogP contribution in [0.25, 0.3) is 0 Å². The molecule has 0 radical (unpaired) electrons. The van der Waals surface area contributed by atoms with Crippen molar-refractivity contribution in [1.29, 1.82) is 0 Å². The van der Waals surface area contributed by atoms with Crippen molar-refractivity contribution < 1.29 is 15.1 Å². The lowest BCUT2D eigenvalue weighted by atomic mass is 9.44. The smallest absolute Gasteiger partial charge is 0.270 e. The summed E-state index contributed by atoms with van der Waals surface area (Å²) in [5, 5.41) is 33.0. The SMILES string of the molecule is C[C@]12CCCC[C@@H]1CC[C@@H]1[C@H]2CC[C@@]2(C)[C@@H]1CC[C@]2(O)CN=Cc1cc([N+](=O)[O-])ccc1O. The van der Waals surface area contributed by atoms with Crippen LogP contribution in [0.4, 0.5) is 5.69 Å². The molecule has 0 unspecified atom stereocenters. The van der Waals surface area contributed by atoms with Crippen LogP contribution in [-0.4, -0.2) is 33.5 Å². The van der Waals surface area contributed by atoms with E-state index in [0.29, 0.717) is 22.8 Å². The molecule has 2 N–H and O–H groups in total. The van der Waals surface area contributed by atoms with Crippen molar-refractivity contribution in [2.24, 2.45) is 39.5 Å². The summed E-state index contributed by atoms with van der Waals surface area (Å²) in [6.45, 7) is 5.14. The van der Waals surface area contributed by atoms with Gasteiger partial charge < -0.3 is 10.2 Å². The van der Waals surface area contributed by atoms with Gasteiger partial charge in [-0.3, -0.25) is 15.1 Å². The first-order chi connectivity index (χ1) is 15.7. The van der Waals surface area contributed by atoms with Crippen molar-refractivity contribution in [3.8, 4) is 5.75 Å². The van der Waals surface area contributed by atoms with Crippen molar-refractivity contribution in [3.05, 3.63) is 33.9 Å². The lowest BCUT2D eigenvalue weighted by molar-refractivity contribution is -0.384. The lowest BCUT2D eigenvalue weighted by Gasteiger charge is -2.61. The highest BCUT2D eigenvalue weighted by molar-refractivity contribution is 5.84. The Bertz CT molecular complexity index is 963. The van der Waals surface area contributed by atoms with Crippen LogP contribution in [0.15, 0.2) is 23.2 Å². The molecule has 0 amide bonds. The fourth-order valence-electron chi connectivity index (χ4n) is 8.72. The molecule has 0 aliphatic heterocycles. The van der Waals surface area contributed by atoms with Crippen LogP contribution < -0.4 is 0 Å². The fourth-order valence-corrected chi connectivity index (χ4v) is 8.72. The van der Waals surface area contributed by atoms with Gasteiger partial charge in [0.2, 0.25) is 0 Å². The van der Waals surface area contributed by atoms with Crippen molar-refractivity contribution >= 4 is 11.9 Å². The number of benzene rings is 1. The summed E-state index contributed by atoms with van der Waals surface area (Å²) < 4.78 is 0. The summed E-state index contributed by atoms with van der Waals surface area (Å²) in [6.07, 6.45) is 13.8. The topological polar surface area (TPSA) is 96.0 Å². The van der Waals surface area contributed by atoms with Crippen LogP contribution in [0.5, 0.6) is 5.75 Å². The number of fused-ring (bicyclic) bond motifs is 5. The number of nitro groups is 1. The Morgan fingerprint density at radius 1 is 1.09 bits per heavy atom. The van der Waals surface area contributed by atoms with Crippen molar-refractivity contribution in [1.82, 2.24) is 0 Å². The third-order valence-electron chi connectivity index (χ3n) is 10.7. The zero-order valence-corrected chi connectivity index (χ0v) is 20.0. The van der Waals surface area contributed by atoms with E-state index in [1.807, 2.05) is 0 Å². The molecule has 4 aliphatic rings. The highest BCUT2D eigenvalue weighted by Crippen LogP contribution is 2.68.